The van der Waals surface area contributed by atoms with E-state index in [1.807, 2.05) is 0 Å². The zero-order chi connectivity index (χ0) is 14.5. The summed E-state index contributed by atoms with van der Waals surface area (Å²) in [4.78, 5) is 14.3. The molecule has 0 aliphatic heterocycles. The van der Waals surface area contributed by atoms with E-state index in [1.165, 1.54) is 25.0 Å². The summed E-state index contributed by atoms with van der Waals surface area (Å²) >= 11 is 0. The number of carbonyl (C=O) groups excluding carboxylic acids is 1. The minimum Gasteiger partial charge on any atom is -0.303 e. The standard InChI is InChI=1S/C16H21F2NO/c1-2-9-19(11-12-6-7-12)10-8-15(20)13-4-3-5-14(17)16(13)18/h3-5,12H,2,6-11H2,1H3. The van der Waals surface area contributed by atoms with Crippen molar-refractivity contribution in [1.82, 2.24) is 4.90 Å². The molecule has 1 aliphatic carbocycles. The number of halogens is 2. The molecule has 1 aliphatic rings. The predicted molar refractivity (Wildman–Crippen MR) is 74.8 cm³/mol. The summed E-state index contributed by atoms with van der Waals surface area (Å²) in [5.41, 5.74) is -0.132. The molecule has 1 saturated carbocycles. The highest BCUT2D eigenvalue weighted by Gasteiger charge is 2.24. The smallest absolute Gasteiger partial charge is 0.169 e. The highest BCUT2D eigenvalue weighted by Crippen LogP contribution is 2.29. The lowest BCUT2D eigenvalue weighted by molar-refractivity contribution is 0.0957. The third kappa shape index (κ3) is 4.10. The maximum absolute atomic E-state index is 13.5. The monoisotopic (exact) mass is 281 g/mol. The fourth-order valence-electron chi connectivity index (χ4n) is 2.39. The number of Topliss-reactive ketones (excluding diaryl/α,β-unsaturated/α-hetero) is 1. The summed E-state index contributed by atoms with van der Waals surface area (Å²) in [6.45, 7) is 4.70. The summed E-state index contributed by atoms with van der Waals surface area (Å²) in [7, 11) is 0. The van der Waals surface area contributed by atoms with Crippen LogP contribution >= 0.6 is 0 Å². The molecule has 0 atom stereocenters. The van der Waals surface area contributed by atoms with Crippen molar-refractivity contribution >= 4 is 5.78 Å². The largest absolute Gasteiger partial charge is 0.303 e. The van der Waals surface area contributed by atoms with Gasteiger partial charge in [-0.15, -0.1) is 0 Å². The molecule has 1 fully saturated rings. The molecule has 0 radical (unpaired) electrons. The van der Waals surface area contributed by atoms with Gasteiger partial charge in [0.1, 0.15) is 0 Å². The van der Waals surface area contributed by atoms with E-state index in [-0.39, 0.29) is 17.8 Å². The van der Waals surface area contributed by atoms with E-state index in [2.05, 4.69) is 11.8 Å². The van der Waals surface area contributed by atoms with Crippen LogP contribution in [-0.2, 0) is 0 Å². The van der Waals surface area contributed by atoms with Gasteiger partial charge < -0.3 is 4.90 Å². The van der Waals surface area contributed by atoms with Gasteiger partial charge in [0.15, 0.2) is 17.4 Å². The molecule has 1 aromatic carbocycles. The molecule has 4 heteroatoms. The second-order valence-corrected chi connectivity index (χ2v) is 5.52. The molecule has 2 rings (SSSR count). The molecule has 0 N–H and O–H groups in total. The second kappa shape index (κ2) is 6.93. The Morgan fingerprint density at radius 3 is 2.70 bits per heavy atom. The first-order valence-corrected chi connectivity index (χ1v) is 7.31. The molecule has 0 bridgehead atoms. The Bertz CT molecular complexity index is 472. The molecule has 1 aromatic rings. The molecule has 0 saturated heterocycles. The van der Waals surface area contributed by atoms with E-state index in [9.17, 15) is 13.6 Å². The average molecular weight is 281 g/mol. The molecule has 0 amide bonds. The minimum atomic E-state index is -1.03. The lowest BCUT2D eigenvalue weighted by Gasteiger charge is -2.21. The van der Waals surface area contributed by atoms with Gasteiger partial charge in [0.25, 0.3) is 0 Å². The van der Waals surface area contributed by atoms with E-state index in [0.29, 0.717) is 6.54 Å². The van der Waals surface area contributed by atoms with Gasteiger partial charge in [-0.2, -0.15) is 0 Å². The Labute approximate surface area is 118 Å². The fourth-order valence-corrected chi connectivity index (χ4v) is 2.39. The summed E-state index contributed by atoms with van der Waals surface area (Å²) in [6, 6.07) is 3.76. The molecule has 0 aromatic heterocycles. The molecular weight excluding hydrogens is 260 g/mol. The third-order valence-corrected chi connectivity index (χ3v) is 3.66. The Hall–Kier alpha value is -1.29. The van der Waals surface area contributed by atoms with Gasteiger partial charge in [0.05, 0.1) is 5.56 Å². The van der Waals surface area contributed by atoms with E-state index in [0.717, 1.165) is 31.5 Å². The van der Waals surface area contributed by atoms with Crippen LogP contribution in [0.1, 0.15) is 43.0 Å². The summed E-state index contributed by atoms with van der Waals surface area (Å²) < 4.78 is 26.6. The maximum Gasteiger partial charge on any atom is 0.169 e. The fraction of sp³-hybridized carbons (Fsp3) is 0.562. The van der Waals surface area contributed by atoms with Crippen molar-refractivity contribution in [3.63, 3.8) is 0 Å². The quantitative estimate of drug-likeness (QED) is 0.678. The summed E-state index contributed by atoms with van der Waals surface area (Å²) in [5, 5.41) is 0. The van der Waals surface area contributed by atoms with Crippen LogP contribution in [0.5, 0.6) is 0 Å². The first kappa shape index (κ1) is 15.1. The van der Waals surface area contributed by atoms with Crippen LogP contribution in [0.15, 0.2) is 18.2 Å². The van der Waals surface area contributed by atoms with Crippen molar-refractivity contribution in [2.45, 2.75) is 32.6 Å². The molecule has 110 valence electrons. The zero-order valence-corrected chi connectivity index (χ0v) is 11.9. The van der Waals surface area contributed by atoms with Gasteiger partial charge in [-0.3, -0.25) is 4.79 Å². The minimum absolute atomic E-state index is 0.132. The molecule has 0 heterocycles. The van der Waals surface area contributed by atoms with Gasteiger partial charge >= 0.3 is 0 Å². The van der Waals surface area contributed by atoms with E-state index in [1.54, 1.807) is 0 Å². The molecule has 20 heavy (non-hydrogen) atoms. The predicted octanol–water partition coefficient (Wildman–Crippen LogP) is 3.66. The Morgan fingerprint density at radius 2 is 2.05 bits per heavy atom. The highest BCUT2D eigenvalue weighted by molar-refractivity contribution is 5.96. The van der Waals surface area contributed by atoms with Crippen molar-refractivity contribution in [2.75, 3.05) is 19.6 Å². The Kier molecular flexibility index (Phi) is 5.24. The SMILES string of the molecule is CCCN(CCC(=O)c1cccc(F)c1F)CC1CC1. The molecule has 0 spiro atoms. The topological polar surface area (TPSA) is 20.3 Å². The van der Waals surface area contributed by atoms with Crippen LogP contribution in [0, 0.1) is 17.6 Å². The van der Waals surface area contributed by atoms with Crippen molar-refractivity contribution in [2.24, 2.45) is 5.92 Å². The number of nitrogens with zero attached hydrogens (tertiary/aromatic N) is 1. The molecular formula is C16H21F2NO. The summed E-state index contributed by atoms with van der Waals surface area (Å²) in [5.74, 6) is -1.54. The number of rotatable bonds is 8. The van der Waals surface area contributed by atoms with Gasteiger partial charge in [0.2, 0.25) is 0 Å². The van der Waals surface area contributed by atoms with Crippen molar-refractivity contribution < 1.29 is 13.6 Å². The van der Waals surface area contributed by atoms with Gasteiger partial charge in [-0.1, -0.05) is 13.0 Å². The number of benzene rings is 1. The van der Waals surface area contributed by atoms with Gasteiger partial charge in [0, 0.05) is 19.5 Å². The van der Waals surface area contributed by atoms with Crippen LogP contribution in [0.2, 0.25) is 0 Å². The summed E-state index contributed by atoms with van der Waals surface area (Å²) in [6.07, 6.45) is 3.82. The van der Waals surface area contributed by atoms with E-state index < -0.39 is 11.6 Å². The van der Waals surface area contributed by atoms with Crippen LogP contribution in [-0.4, -0.2) is 30.3 Å². The van der Waals surface area contributed by atoms with Crippen molar-refractivity contribution in [3.05, 3.63) is 35.4 Å². The number of carbonyl (C=O) groups is 1. The maximum atomic E-state index is 13.5. The molecule has 2 nitrogen and oxygen atoms in total. The number of hydrogen-bond donors (Lipinski definition) is 0. The zero-order valence-electron chi connectivity index (χ0n) is 11.9. The van der Waals surface area contributed by atoms with Crippen molar-refractivity contribution in [1.29, 1.82) is 0 Å². The highest BCUT2D eigenvalue weighted by atomic mass is 19.2. The normalized spacial score (nSPS) is 14.8. The van der Waals surface area contributed by atoms with Gasteiger partial charge in [-0.25, -0.2) is 8.78 Å². The van der Waals surface area contributed by atoms with Crippen LogP contribution in [0.4, 0.5) is 8.78 Å². The second-order valence-electron chi connectivity index (χ2n) is 5.52. The lowest BCUT2D eigenvalue weighted by atomic mass is 10.1. The van der Waals surface area contributed by atoms with Crippen molar-refractivity contribution in [3.8, 4) is 0 Å². The average Bonchev–Trinajstić information content (AvgIpc) is 3.23. The van der Waals surface area contributed by atoms with Gasteiger partial charge in [-0.05, 0) is 43.9 Å². The first-order chi connectivity index (χ1) is 9.61. The third-order valence-electron chi connectivity index (χ3n) is 3.66. The van der Waals surface area contributed by atoms with Crippen LogP contribution in [0.25, 0.3) is 0 Å². The van der Waals surface area contributed by atoms with E-state index in [4.69, 9.17) is 0 Å². The van der Waals surface area contributed by atoms with Crippen LogP contribution in [0.3, 0.4) is 0 Å². The molecule has 0 unspecified atom stereocenters. The number of ketones is 1. The number of hydrogen-bond acceptors (Lipinski definition) is 2. The van der Waals surface area contributed by atoms with E-state index >= 15 is 0 Å². The first-order valence-electron chi connectivity index (χ1n) is 7.31. The lowest BCUT2D eigenvalue weighted by Crippen LogP contribution is -2.29. The Morgan fingerprint density at radius 1 is 1.30 bits per heavy atom. The van der Waals surface area contributed by atoms with Crippen LogP contribution < -0.4 is 0 Å². The Balaban J connectivity index is 1.90.